The molecule has 2 heterocycles. The molecule has 1 aromatic carbocycles. The Morgan fingerprint density at radius 3 is 2.88 bits per heavy atom. The van der Waals surface area contributed by atoms with Crippen molar-refractivity contribution in [3.8, 4) is 0 Å². The monoisotopic (exact) mass is 370 g/mol. The lowest BCUT2D eigenvalue weighted by Gasteiger charge is -2.36. The number of halogens is 1. The van der Waals surface area contributed by atoms with Crippen LogP contribution in [0.5, 0.6) is 0 Å². The van der Waals surface area contributed by atoms with Crippen molar-refractivity contribution in [2.24, 2.45) is 5.92 Å². The number of amides is 1. The number of aryl methyl sites for hydroxylation is 1. The van der Waals surface area contributed by atoms with E-state index in [1.165, 1.54) is 0 Å². The molecule has 1 aromatic heterocycles. The Balaban J connectivity index is 1.44. The molecule has 1 aliphatic heterocycles. The molecular formula is C20H23ClN4O. The smallest absolute Gasteiger partial charge is 0.235 e. The topological polar surface area (TPSA) is 80.0 Å². The third-order valence-electron chi connectivity index (χ3n) is 5.91. The average molecular weight is 371 g/mol. The summed E-state index contributed by atoms with van der Waals surface area (Å²) >= 11 is 6.18. The molecule has 1 saturated carbocycles. The van der Waals surface area contributed by atoms with Gasteiger partial charge in [-0.15, -0.1) is 0 Å². The molecule has 1 aliphatic carbocycles. The summed E-state index contributed by atoms with van der Waals surface area (Å²) in [5.74, 6) is 1.37. The van der Waals surface area contributed by atoms with Gasteiger partial charge in [0, 0.05) is 23.5 Å². The fourth-order valence-electron chi connectivity index (χ4n) is 4.21. The van der Waals surface area contributed by atoms with Gasteiger partial charge in [0.05, 0.1) is 11.1 Å². The number of pyridine rings is 1. The molecule has 0 atom stereocenters. The fraction of sp³-hybridized carbons (Fsp3) is 0.400. The van der Waals surface area contributed by atoms with E-state index < -0.39 is 5.41 Å². The van der Waals surface area contributed by atoms with E-state index in [1.807, 2.05) is 31.2 Å². The van der Waals surface area contributed by atoms with Crippen LogP contribution in [0, 0.1) is 12.8 Å². The lowest BCUT2D eigenvalue weighted by molar-refractivity contribution is -0.122. The van der Waals surface area contributed by atoms with Crippen LogP contribution in [0.25, 0.3) is 0 Å². The number of benzene rings is 1. The number of fused-ring (bicyclic) bond motifs is 2. The number of rotatable bonds is 3. The molecule has 136 valence electrons. The van der Waals surface area contributed by atoms with Gasteiger partial charge in [0.2, 0.25) is 5.91 Å². The van der Waals surface area contributed by atoms with Gasteiger partial charge in [0.15, 0.2) is 0 Å². The zero-order valence-electron chi connectivity index (χ0n) is 14.8. The Morgan fingerprint density at radius 2 is 2.12 bits per heavy atom. The third-order valence-corrected chi connectivity index (χ3v) is 6.14. The highest BCUT2D eigenvalue weighted by atomic mass is 35.5. The summed E-state index contributed by atoms with van der Waals surface area (Å²) in [6.07, 6.45) is 5.42. The summed E-state index contributed by atoms with van der Waals surface area (Å²) in [6, 6.07) is 7.59. The van der Waals surface area contributed by atoms with E-state index in [2.05, 4.69) is 15.6 Å². The van der Waals surface area contributed by atoms with Gasteiger partial charge in [-0.05, 0) is 73.9 Å². The van der Waals surface area contributed by atoms with Gasteiger partial charge in [0.25, 0.3) is 0 Å². The van der Waals surface area contributed by atoms with Crippen LogP contribution >= 0.6 is 11.6 Å². The van der Waals surface area contributed by atoms with Gasteiger partial charge in [-0.25, -0.2) is 4.98 Å². The molecule has 5 nitrogen and oxygen atoms in total. The number of anilines is 3. The van der Waals surface area contributed by atoms with E-state index in [9.17, 15) is 4.79 Å². The maximum Gasteiger partial charge on any atom is 0.235 e. The molecule has 6 heteroatoms. The number of nitrogens with two attached hydrogens (primary N) is 1. The van der Waals surface area contributed by atoms with Gasteiger partial charge in [0.1, 0.15) is 5.82 Å². The van der Waals surface area contributed by atoms with Crippen LogP contribution in [0.15, 0.2) is 30.5 Å². The van der Waals surface area contributed by atoms with Crippen LogP contribution in [-0.4, -0.2) is 17.4 Å². The molecule has 4 rings (SSSR count). The van der Waals surface area contributed by atoms with Crippen molar-refractivity contribution in [3.63, 3.8) is 0 Å². The summed E-state index contributed by atoms with van der Waals surface area (Å²) in [5, 5.41) is 7.10. The predicted molar refractivity (Wildman–Crippen MR) is 106 cm³/mol. The van der Waals surface area contributed by atoms with E-state index >= 15 is 0 Å². The minimum absolute atomic E-state index is 0.116. The van der Waals surface area contributed by atoms with Crippen molar-refractivity contribution in [2.75, 3.05) is 22.9 Å². The Morgan fingerprint density at radius 1 is 1.35 bits per heavy atom. The second-order valence-electron chi connectivity index (χ2n) is 7.44. The van der Waals surface area contributed by atoms with E-state index in [-0.39, 0.29) is 5.91 Å². The zero-order valence-corrected chi connectivity index (χ0v) is 15.6. The standard InChI is InChI=1S/C20H23ClN4O/c1-12-6-9-23-18(17(12)22)24-11-13-4-7-20(8-5-13)15-10-14(21)2-3-16(15)25-19(20)26/h2-3,6,9-10,13H,4-5,7-8,11,22H2,1H3,(H,23,24)(H,25,26). The Bertz CT molecular complexity index is 859. The molecule has 2 aromatic rings. The third kappa shape index (κ3) is 2.80. The number of carbonyl (C=O) groups is 1. The zero-order chi connectivity index (χ0) is 18.3. The first-order valence-corrected chi connectivity index (χ1v) is 9.44. The number of nitrogen functional groups attached to an aromatic ring is 1. The first-order chi connectivity index (χ1) is 12.5. The largest absolute Gasteiger partial charge is 0.396 e. The first kappa shape index (κ1) is 17.2. The van der Waals surface area contributed by atoms with Gasteiger partial charge in [-0.3, -0.25) is 4.79 Å². The van der Waals surface area contributed by atoms with E-state index in [0.717, 1.165) is 54.9 Å². The number of nitrogens with zero attached hydrogens (tertiary/aromatic N) is 1. The SMILES string of the molecule is Cc1ccnc(NCC2CCC3(CC2)C(=O)Nc2ccc(Cl)cc23)c1N. The molecule has 2 aliphatic rings. The Labute approximate surface area is 158 Å². The highest BCUT2D eigenvalue weighted by Gasteiger charge is 2.48. The van der Waals surface area contributed by atoms with Gasteiger partial charge in [-0.2, -0.15) is 0 Å². The Kier molecular flexibility index (Phi) is 4.27. The minimum Gasteiger partial charge on any atom is -0.396 e. The van der Waals surface area contributed by atoms with Crippen LogP contribution in [0.4, 0.5) is 17.2 Å². The van der Waals surface area contributed by atoms with Crippen molar-refractivity contribution in [1.29, 1.82) is 0 Å². The number of nitrogens with one attached hydrogen (secondary N) is 2. The van der Waals surface area contributed by atoms with Gasteiger partial charge < -0.3 is 16.4 Å². The highest BCUT2D eigenvalue weighted by Crippen LogP contribution is 2.49. The lowest BCUT2D eigenvalue weighted by Crippen LogP contribution is -2.39. The average Bonchev–Trinajstić information content (AvgIpc) is 2.89. The van der Waals surface area contributed by atoms with Crippen molar-refractivity contribution >= 4 is 34.7 Å². The van der Waals surface area contributed by atoms with Crippen molar-refractivity contribution in [1.82, 2.24) is 4.98 Å². The Hall–Kier alpha value is -2.27. The summed E-state index contributed by atoms with van der Waals surface area (Å²) in [7, 11) is 0. The summed E-state index contributed by atoms with van der Waals surface area (Å²) in [4.78, 5) is 17.0. The number of aromatic nitrogens is 1. The van der Waals surface area contributed by atoms with Crippen LogP contribution in [0.1, 0.15) is 36.8 Å². The minimum atomic E-state index is -0.419. The van der Waals surface area contributed by atoms with E-state index in [0.29, 0.717) is 16.6 Å². The molecule has 1 fully saturated rings. The van der Waals surface area contributed by atoms with E-state index in [1.54, 1.807) is 6.20 Å². The molecule has 1 amide bonds. The number of carbonyl (C=O) groups excluding carboxylic acids is 1. The van der Waals surface area contributed by atoms with Gasteiger partial charge >= 0.3 is 0 Å². The lowest BCUT2D eigenvalue weighted by atomic mass is 9.67. The van der Waals surface area contributed by atoms with Crippen LogP contribution in [0.3, 0.4) is 0 Å². The van der Waals surface area contributed by atoms with Crippen LogP contribution < -0.4 is 16.4 Å². The maximum absolute atomic E-state index is 12.7. The quantitative estimate of drug-likeness (QED) is 0.759. The van der Waals surface area contributed by atoms with Crippen LogP contribution in [-0.2, 0) is 10.2 Å². The van der Waals surface area contributed by atoms with Gasteiger partial charge in [-0.1, -0.05) is 11.6 Å². The molecule has 0 unspecified atom stereocenters. The fourth-order valence-corrected chi connectivity index (χ4v) is 4.38. The molecular weight excluding hydrogens is 348 g/mol. The highest BCUT2D eigenvalue weighted by molar-refractivity contribution is 6.31. The number of hydrogen-bond acceptors (Lipinski definition) is 4. The summed E-state index contributed by atoms with van der Waals surface area (Å²) in [5.41, 5.74) is 9.38. The predicted octanol–water partition coefficient (Wildman–Crippen LogP) is 4.12. The van der Waals surface area contributed by atoms with Crippen LogP contribution in [0.2, 0.25) is 5.02 Å². The molecule has 4 N–H and O–H groups in total. The summed E-state index contributed by atoms with van der Waals surface area (Å²) in [6.45, 7) is 2.80. The normalized spacial score (nSPS) is 24.4. The molecule has 26 heavy (non-hydrogen) atoms. The second kappa shape index (κ2) is 6.47. The first-order valence-electron chi connectivity index (χ1n) is 9.06. The molecule has 0 saturated heterocycles. The van der Waals surface area contributed by atoms with Crippen molar-refractivity contribution < 1.29 is 4.79 Å². The van der Waals surface area contributed by atoms with E-state index in [4.69, 9.17) is 17.3 Å². The summed E-state index contributed by atoms with van der Waals surface area (Å²) < 4.78 is 0. The molecule has 0 radical (unpaired) electrons. The second-order valence-corrected chi connectivity index (χ2v) is 7.88. The number of hydrogen-bond donors (Lipinski definition) is 3. The molecule has 0 bridgehead atoms. The molecule has 1 spiro atoms. The maximum atomic E-state index is 12.7. The van der Waals surface area contributed by atoms with Crippen molar-refractivity contribution in [3.05, 3.63) is 46.6 Å². The van der Waals surface area contributed by atoms with Crippen molar-refractivity contribution in [2.45, 2.75) is 38.0 Å².